The van der Waals surface area contributed by atoms with Crippen molar-refractivity contribution in [3.05, 3.63) is 22.8 Å². The lowest BCUT2D eigenvalue weighted by Crippen LogP contribution is -2.41. The molecule has 0 aromatic rings. The van der Waals surface area contributed by atoms with Crippen LogP contribution in [0.15, 0.2) is 22.8 Å². The molecule has 0 radical (unpaired) electrons. The van der Waals surface area contributed by atoms with Crippen LogP contribution in [0.4, 0.5) is 0 Å². The fourth-order valence-corrected chi connectivity index (χ4v) is 3.04. The quantitative estimate of drug-likeness (QED) is 0.836. The van der Waals surface area contributed by atoms with E-state index >= 15 is 0 Å². The summed E-state index contributed by atoms with van der Waals surface area (Å²) in [7, 11) is 1.82. The highest BCUT2D eigenvalue weighted by Gasteiger charge is 2.24. The van der Waals surface area contributed by atoms with E-state index in [2.05, 4.69) is 18.3 Å². The van der Waals surface area contributed by atoms with Crippen LogP contribution in [0, 0.1) is 5.92 Å². The van der Waals surface area contributed by atoms with E-state index in [1.165, 1.54) is 5.57 Å². The normalized spacial score (nSPS) is 34.2. The van der Waals surface area contributed by atoms with Crippen LogP contribution in [0.1, 0.15) is 32.6 Å². The average Bonchev–Trinajstić information content (AvgIpc) is 2.33. The van der Waals surface area contributed by atoms with Crippen LogP contribution in [0.25, 0.3) is 0 Å². The second-order valence-electron chi connectivity index (χ2n) is 5.20. The van der Waals surface area contributed by atoms with E-state index in [4.69, 9.17) is 16.3 Å². The summed E-state index contributed by atoms with van der Waals surface area (Å²) in [4.78, 5) is 0. The number of methoxy groups -OCH3 is 1. The molecule has 0 saturated carbocycles. The summed E-state index contributed by atoms with van der Waals surface area (Å²) < 4.78 is 5.46. The average molecular weight is 256 g/mol. The molecule has 3 atom stereocenters. The highest BCUT2D eigenvalue weighted by Crippen LogP contribution is 2.31. The summed E-state index contributed by atoms with van der Waals surface area (Å²) in [5.74, 6) is 0.581. The largest absolute Gasteiger partial charge is 0.381 e. The van der Waals surface area contributed by atoms with Gasteiger partial charge in [0.05, 0.1) is 6.10 Å². The topological polar surface area (TPSA) is 21.3 Å². The second-order valence-corrected chi connectivity index (χ2v) is 5.68. The summed E-state index contributed by atoms with van der Waals surface area (Å²) in [5, 5.41) is 4.57. The molecule has 2 rings (SSSR count). The molecule has 1 fully saturated rings. The lowest BCUT2D eigenvalue weighted by atomic mass is 9.86. The van der Waals surface area contributed by atoms with E-state index < -0.39 is 0 Å². The van der Waals surface area contributed by atoms with Gasteiger partial charge in [0, 0.05) is 18.2 Å². The fraction of sp³-hybridized carbons (Fsp3) is 0.714. The minimum atomic E-state index is 0.430. The van der Waals surface area contributed by atoms with Crippen LogP contribution >= 0.6 is 11.6 Å². The maximum absolute atomic E-state index is 6.05. The third kappa shape index (κ3) is 3.57. The minimum absolute atomic E-state index is 0.430. The first kappa shape index (κ1) is 13.1. The van der Waals surface area contributed by atoms with Gasteiger partial charge in [-0.15, -0.1) is 0 Å². The van der Waals surface area contributed by atoms with Gasteiger partial charge in [-0.1, -0.05) is 30.2 Å². The summed E-state index contributed by atoms with van der Waals surface area (Å²) in [6.45, 7) is 3.33. The molecule has 0 aromatic carbocycles. The third-order valence-corrected chi connectivity index (χ3v) is 4.15. The van der Waals surface area contributed by atoms with Gasteiger partial charge in [0.1, 0.15) is 0 Å². The maximum atomic E-state index is 6.05. The molecule has 17 heavy (non-hydrogen) atoms. The predicted molar refractivity (Wildman–Crippen MR) is 72.2 cm³/mol. The summed E-state index contributed by atoms with van der Waals surface area (Å²) in [5.41, 5.74) is 1.52. The number of nitrogens with one attached hydrogen (secondary N) is 1. The molecule has 3 heteroatoms. The number of rotatable bonds is 3. The monoisotopic (exact) mass is 255 g/mol. The van der Waals surface area contributed by atoms with Crippen molar-refractivity contribution in [1.29, 1.82) is 0 Å². The van der Waals surface area contributed by atoms with Gasteiger partial charge in [0.25, 0.3) is 0 Å². The van der Waals surface area contributed by atoms with Crippen molar-refractivity contribution in [3.63, 3.8) is 0 Å². The Morgan fingerprint density at radius 3 is 3.00 bits per heavy atom. The van der Waals surface area contributed by atoms with Gasteiger partial charge in [0.2, 0.25) is 0 Å². The van der Waals surface area contributed by atoms with Crippen LogP contribution in [-0.4, -0.2) is 25.8 Å². The Labute approximate surface area is 109 Å². The van der Waals surface area contributed by atoms with Gasteiger partial charge >= 0.3 is 0 Å². The number of hydrogen-bond donors (Lipinski definition) is 1. The molecule has 2 aliphatic rings. The minimum Gasteiger partial charge on any atom is -0.381 e. The van der Waals surface area contributed by atoms with Crippen LogP contribution in [0.5, 0.6) is 0 Å². The number of hydrogen-bond acceptors (Lipinski definition) is 2. The molecular formula is C14H22ClNO. The molecule has 2 nitrogen and oxygen atoms in total. The predicted octanol–water partition coefficient (Wildman–Crippen LogP) is 3.23. The lowest BCUT2D eigenvalue weighted by Gasteiger charge is -2.31. The summed E-state index contributed by atoms with van der Waals surface area (Å²) in [6.07, 6.45) is 9.06. The number of piperidine rings is 1. The van der Waals surface area contributed by atoms with Crippen LogP contribution in [-0.2, 0) is 4.74 Å². The maximum Gasteiger partial charge on any atom is 0.0598 e. The van der Waals surface area contributed by atoms with Crippen molar-refractivity contribution in [2.45, 2.75) is 44.8 Å². The number of allylic oxidation sites excluding steroid dienone is 3. The number of halogens is 1. The molecule has 1 N–H and O–H groups in total. The molecule has 96 valence electrons. The van der Waals surface area contributed by atoms with E-state index in [0.29, 0.717) is 18.1 Å². The number of ether oxygens (including phenoxy) is 1. The standard InChI is InChI=1S/C14H22ClNO/c1-10-7-12(15)4-3-11(10)8-13-9-14(17-2)5-6-16-13/h3-4,10,13-14,16H,5-9H2,1-2H3/t10?,13-,14?/m0/s1. The lowest BCUT2D eigenvalue weighted by molar-refractivity contribution is 0.0618. The van der Waals surface area contributed by atoms with Gasteiger partial charge in [-0.05, 0) is 44.2 Å². The van der Waals surface area contributed by atoms with Gasteiger partial charge in [-0.2, -0.15) is 0 Å². The Morgan fingerprint density at radius 2 is 2.29 bits per heavy atom. The highest BCUT2D eigenvalue weighted by atomic mass is 35.5. The zero-order valence-electron chi connectivity index (χ0n) is 10.7. The van der Waals surface area contributed by atoms with Crippen molar-refractivity contribution >= 4 is 11.6 Å². The van der Waals surface area contributed by atoms with Crippen molar-refractivity contribution in [2.24, 2.45) is 5.92 Å². The third-order valence-electron chi connectivity index (χ3n) is 3.87. The molecule has 2 unspecified atom stereocenters. The second kappa shape index (κ2) is 6.03. The molecular weight excluding hydrogens is 234 g/mol. The smallest absolute Gasteiger partial charge is 0.0598 e. The first-order chi connectivity index (χ1) is 8.19. The Kier molecular flexibility index (Phi) is 4.66. The summed E-state index contributed by atoms with van der Waals surface area (Å²) in [6, 6.07) is 0.563. The van der Waals surface area contributed by atoms with Crippen LogP contribution < -0.4 is 5.32 Å². The van der Waals surface area contributed by atoms with Crippen LogP contribution in [0.3, 0.4) is 0 Å². The SMILES string of the molecule is COC1CCN[C@@H](CC2=CC=C(Cl)CC2C)C1. The zero-order valence-corrected chi connectivity index (χ0v) is 11.5. The van der Waals surface area contributed by atoms with Gasteiger partial charge < -0.3 is 10.1 Å². The molecule has 0 aromatic heterocycles. The fourth-order valence-electron chi connectivity index (χ4n) is 2.74. The molecule has 0 bridgehead atoms. The highest BCUT2D eigenvalue weighted by molar-refractivity contribution is 6.29. The van der Waals surface area contributed by atoms with Gasteiger partial charge in [0.15, 0.2) is 0 Å². The van der Waals surface area contributed by atoms with Crippen molar-refractivity contribution in [3.8, 4) is 0 Å². The van der Waals surface area contributed by atoms with Crippen LogP contribution in [0.2, 0.25) is 0 Å². The van der Waals surface area contributed by atoms with E-state index in [1.807, 2.05) is 13.2 Å². The van der Waals surface area contributed by atoms with E-state index in [1.54, 1.807) is 0 Å². The molecule has 1 aliphatic carbocycles. The first-order valence-electron chi connectivity index (χ1n) is 6.50. The Balaban J connectivity index is 1.92. The zero-order chi connectivity index (χ0) is 12.3. The Morgan fingerprint density at radius 1 is 1.47 bits per heavy atom. The van der Waals surface area contributed by atoms with Crippen molar-refractivity contribution < 1.29 is 4.74 Å². The van der Waals surface area contributed by atoms with Crippen molar-refractivity contribution in [2.75, 3.05) is 13.7 Å². The Hall–Kier alpha value is -0.310. The Bertz CT molecular complexity index is 324. The van der Waals surface area contributed by atoms with Gasteiger partial charge in [-0.25, -0.2) is 0 Å². The molecule has 0 spiro atoms. The van der Waals surface area contributed by atoms with E-state index in [-0.39, 0.29) is 0 Å². The van der Waals surface area contributed by atoms with E-state index in [0.717, 1.165) is 37.3 Å². The molecule has 0 amide bonds. The molecule has 1 aliphatic heterocycles. The summed E-state index contributed by atoms with van der Waals surface area (Å²) >= 11 is 6.05. The van der Waals surface area contributed by atoms with Gasteiger partial charge in [-0.3, -0.25) is 0 Å². The first-order valence-corrected chi connectivity index (χ1v) is 6.88. The van der Waals surface area contributed by atoms with Crippen molar-refractivity contribution in [1.82, 2.24) is 5.32 Å². The molecule has 1 heterocycles. The van der Waals surface area contributed by atoms with E-state index in [9.17, 15) is 0 Å². The molecule has 1 saturated heterocycles.